The lowest BCUT2D eigenvalue weighted by Crippen LogP contribution is -2.32. The van der Waals surface area contributed by atoms with E-state index < -0.39 is 0 Å². The summed E-state index contributed by atoms with van der Waals surface area (Å²) in [7, 11) is 2.16. The third-order valence-electron chi connectivity index (χ3n) is 3.27. The summed E-state index contributed by atoms with van der Waals surface area (Å²) in [6, 6.07) is 4.38. The first-order valence-corrected chi connectivity index (χ1v) is 6.52. The van der Waals surface area contributed by atoms with E-state index in [2.05, 4.69) is 27.5 Å². The molecule has 1 N–H and O–H groups in total. The van der Waals surface area contributed by atoms with Gasteiger partial charge in [0.1, 0.15) is 0 Å². The Morgan fingerprint density at radius 1 is 1.35 bits per heavy atom. The first-order chi connectivity index (χ1) is 8.25. The van der Waals surface area contributed by atoms with Crippen LogP contribution in [-0.4, -0.2) is 41.3 Å². The monoisotopic (exact) mass is 254 g/mol. The first-order valence-electron chi connectivity index (χ1n) is 6.15. The second-order valence-electron chi connectivity index (χ2n) is 4.60. The predicted molar refractivity (Wildman–Crippen MR) is 69.0 cm³/mol. The smallest absolute Gasteiger partial charge is 0.151 e. The highest BCUT2D eigenvalue weighted by atomic mass is 35.5. The SMILES string of the molecule is CN(Cc1ccc(Cl)nn1)C1CCCNCC1. The van der Waals surface area contributed by atoms with Gasteiger partial charge in [-0.25, -0.2) is 0 Å². The highest BCUT2D eigenvalue weighted by molar-refractivity contribution is 6.29. The molecule has 1 fully saturated rings. The van der Waals surface area contributed by atoms with Crippen LogP contribution in [0.15, 0.2) is 12.1 Å². The van der Waals surface area contributed by atoms with E-state index in [1.165, 1.54) is 19.3 Å². The summed E-state index contributed by atoms with van der Waals surface area (Å²) in [6.45, 7) is 3.10. The number of rotatable bonds is 3. The van der Waals surface area contributed by atoms with Gasteiger partial charge < -0.3 is 5.32 Å². The van der Waals surface area contributed by atoms with E-state index in [1.54, 1.807) is 6.07 Å². The van der Waals surface area contributed by atoms with Gasteiger partial charge in [0.05, 0.1) is 5.69 Å². The van der Waals surface area contributed by atoms with Crippen LogP contribution in [0.2, 0.25) is 5.15 Å². The fraction of sp³-hybridized carbons (Fsp3) is 0.667. The molecular formula is C12H19ClN4. The third-order valence-corrected chi connectivity index (χ3v) is 3.47. The number of hydrogen-bond donors (Lipinski definition) is 1. The van der Waals surface area contributed by atoms with Gasteiger partial charge in [-0.1, -0.05) is 11.6 Å². The van der Waals surface area contributed by atoms with Crippen LogP contribution in [0.5, 0.6) is 0 Å². The quantitative estimate of drug-likeness (QED) is 0.892. The summed E-state index contributed by atoms with van der Waals surface area (Å²) in [6.07, 6.45) is 3.71. The van der Waals surface area contributed by atoms with E-state index in [9.17, 15) is 0 Å². The van der Waals surface area contributed by atoms with Crippen molar-refractivity contribution in [3.05, 3.63) is 23.0 Å². The molecule has 17 heavy (non-hydrogen) atoms. The molecule has 1 aliphatic rings. The summed E-state index contributed by atoms with van der Waals surface area (Å²) in [4.78, 5) is 2.37. The van der Waals surface area contributed by atoms with Crippen molar-refractivity contribution in [2.75, 3.05) is 20.1 Å². The molecule has 1 aliphatic heterocycles. The molecular weight excluding hydrogens is 236 g/mol. The largest absolute Gasteiger partial charge is 0.317 e. The van der Waals surface area contributed by atoms with Gasteiger partial charge in [-0.15, -0.1) is 5.10 Å². The number of hydrogen-bond acceptors (Lipinski definition) is 4. The lowest BCUT2D eigenvalue weighted by atomic mass is 10.1. The molecule has 0 spiro atoms. The highest BCUT2D eigenvalue weighted by Crippen LogP contribution is 2.14. The summed E-state index contributed by atoms with van der Waals surface area (Å²) in [5, 5.41) is 11.9. The molecule has 0 amide bonds. The summed E-state index contributed by atoms with van der Waals surface area (Å²) in [5.74, 6) is 0. The van der Waals surface area contributed by atoms with Crippen LogP contribution >= 0.6 is 11.6 Å². The number of halogens is 1. The molecule has 2 heterocycles. The van der Waals surface area contributed by atoms with Crippen LogP contribution in [0.25, 0.3) is 0 Å². The fourth-order valence-electron chi connectivity index (χ4n) is 2.25. The molecule has 1 atom stereocenters. The Hall–Kier alpha value is -0.710. The predicted octanol–water partition coefficient (Wildman–Crippen LogP) is 1.70. The van der Waals surface area contributed by atoms with E-state index in [1.807, 2.05) is 6.07 Å². The molecule has 1 unspecified atom stereocenters. The Bertz CT molecular complexity index is 333. The lowest BCUT2D eigenvalue weighted by Gasteiger charge is -2.26. The van der Waals surface area contributed by atoms with Crippen molar-refractivity contribution in [3.63, 3.8) is 0 Å². The van der Waals surface area contributed by atoms with E-state index in [-0.39, 0.29) is 0 Å². The van der Waals surface area contributed by atoms with Gasteiger partial charge >= 0.3 is 0 Å². The van der Waals surface area contributed by atoms with Crippen molar-refractivity contribution in [3.8, 4) is 0 Å². The normalized spacial score (nSPS) is 21.5. The van der Waals surface area contributed by atoms with Gasteiger partial charge in [0.25, 0.3) is 0 Å². The minimum absolute atomic E-state index is 0.454. The fourth-order valence-corrected chi connectivity index (χ4v) is 2.35. The maximum absolute atomic E-state index is 5.72. The second-order valence-corrected chi connectivity index (χ2v) is 4.98. The van der Waals surface area contributed by atoms with Crippen LogP contribution in [0.1, 0.15) is 25.0 Å². The van der Waals surface area contributed by atoms with Crippen molar-refractivity contribution in [2.24, 2.45) is 0 Å². The first kappa shape index (κ1) is 12.7. The summed E-state index contributed by atoms with van der Waals surface area (Å²) >= 11 is 5.72. The maximum Gasteiger partial charge on any atom is 0.151 e. The average molecular weight is 255 g/mol. The summed E-state index contributed by atoms with van der Waals surface area (Å²) < 4.78 is 0. The maximum atomic E-state index is 5.72. The molecule has 0 bridgehead atoms. The standard InChI is InChI=1S/C12H19ClN4/c1-17(11-3-2-7-14-8-6-11)9-10-4-5-12(13)16-15-10/h4-5,11,14H,2-3,6-9H2,1H3. The van der Waals surface area contributed by atoms with E-state index in [0.29, 0.717) is 11.2 Å². The van der Waals surface area contributed by atoms with Crippen molar-refractivity contribution in [1.82, 2.24) is 20.4 Å². The van der Waals surface area contributed by atoms with Crippen molar-refractivity contribution in [1.29, 1.82) is 0 Å². The van der Waals surface area contributed by atoms with Crippen LogP contribution < -0.4 is 5.32 Å². The molecule has 1 saturated heterocycles. The highest BCUT2D eigenvalue weighted by Gasteiger charge is 2.17. The molecule has 4 nitrogen and oxygen atoms in total. The van der Waals surface area contributed by atoms with Gasteiger partial charge in [0, 0.05) is 12.6 Å². The lowest BCUT2D eigenvalue weighted by molar-refractivity contribution is 0.213. The average Bonchev–Trinajstić information content (AvgIpc) is 2.61. The Balaban J connectivity index is 1.90. The van der Waals surface area contributed by atoms with Crippen LogP contribution in [0, 0.1) is 0 Å². The molecule has 0 saturated carbocycles. The van der Waals surface area contributed by atoms with Crippen LogP contribution in [0.4, 0.5) is 0 Å². The molecule has 5 heteroatoms. The Labute approximate surface area is 107 Å². The molecule has 0 aromatic carbocycles. The van der Waals surface area contributed by atoms with Gasteiger partial charge in [0.2, 0.25) is 0 Å². The van der Waals surface area contributed by atoms with Gasteiger partial charge in [-0.2, -0.15) is 5.10 Å². The van der Waals surface area contributed by atoms with Crippen molar-refractivity contribution < 1.29 is 0 Å². The molecule has 0 aliphatic carbocycles. The minimum Gasteiger partial charge on any atom is -0.317 e. The third kappa shape index (κ3) is 3.91. The zero-order chi connectivity index (χ0) is 12.1. The topological polar surface area (TPSA) is 41.1 Å². The molecule has 1 aromatic heterocycles. The Morgan fingerprint density at radius 3 is 3.00 bits per heavy atom. The van der Waals surface area contributed by atoms with E-state index >= 15 is 0 Å². The van der Waals surface area contributed by atoms with Crippen molar-refractivity contribution in [2.45, 2.75) is 31.8 Å². The number of aromatic nitrogens is 2. The molecule has 2 rings (SSSR count). The zero-order valence-corrected chi connectivity index (χ0v) is 11.0. The van der Waals surface area contributed by atoms with Crippen LogP contribution in [0.3, 0.4) is 0 Å². The van der Waals surface area contributed by atoms with Crippen LogP contribution in [-0.2, 0) is 6.54 Å². The number of nitrogens with zero attached hydrogens (tertiary/aromatic N) is 3. The molecule has 94 valence electrons. The Kier molecular flexibility index (Phi) is 4.71. The van der Waals surface area contributed by atoms with Crippen molar-refractivity contribution >= 4 is 11.6 Å². The van der Waals surface area contributed by atoms with E-state index in [0.717, 1.165) is 25.3 Å². The number of nitrogens with one attached hydrogen (secondary N) is 1. The van der Waals surface area contributed by atoms with Gasteiger partial charge in [0.15, 0.2) is 5.15 Å². The van der Waals surface area contributed by atoms with E-state index in [4.69, 9.17) is 11.6 Å². The molecule has 1 aromatic rings. The minimum atomic E-state index is 0.454. The van der Waals surface area contributed by atoms with Gasteiger partial charge in [-0.05, 0) is 51.5 Å². The summed E-state index contributed by atoms with van der Waals surface area (Å²) in [5.41, 5.74) is 0.981. The second kappa shape index (κ2) is 6.28. The Morgan fingerprint density at radius 2 is 2.24 bits per heavy atom. The van der Waals surface area contributed by atoms with Gasteiger partial charge in [-0.3, -0.25) is 4.90 Å². The molecule has 0 radical (unpaired) electrons. The zero-order valence-electron chi connectivity index (χ0n) is 10.2.